The van der Waals surface area contributed by atoms with Crippen molar-refractivity contribution in [3.8, 4) is 0 Å². The van der Waals surface area contributed by atoms with Gasteiger partial charge in [-0.2, -0.15) is 0 Å². The van der Waals surface area contributed by atoms with Crippen LogP contribution in [0, 0.1) is 0 Å². The zero-order valence-corrected chi connectivity index (χ0v) is 17.9. The van der Waals surface area contributed by atoms with Crippen LogP contribution in [0.3, 0.4) is 0 Å². The summed E-state index contributed by atoms with van der Waals surface area (Å²) in [5.41, 5.74) is 0.241. The first-order valence-corrected chi connectivity index (χ1v) is 10.3. The molecule has 1 atom stereocenters. The van der Waals surface area contributed by atoms with Gasteiger partial charge in [0.25, 0.3) is 5.56 Å². The number of thioether (sulfide) groups is 1. The summed E-state index contributed by atoms with van der Waals surface area (Å²) in [7, 11) is 1.29. The Morgan fingerprint density at radius 3 is 2.73 bits per heavy atom. The highest BCUT2D eigenvalue weighted by Crippen LogP contribution is 2.24. The number of halogens is 1. The van der Waals surface area contributed by atoms with E-state index in [0.717, 1.165) is 11.8 Å². The number of hydrogen-bond donors (Lipinski definition) is 1. The number of nitrogens with zero attached hydrogens (tertiary/aromatic N) is 3. The van der Waals surface area contributed by atoms with Crippen LogP contribution in [0.2, 0.25) is 5.02 Å². The zero-order chi connectivity index (χ0) is 21.7. The predicted molar refractivity (Wildman–Crippen MR) is 116 cm³/mol. The number of carbonyl (C=O) groups excluding carboxylic acids is 2. The summed E-state index contributed by atoms with van der Waals surface area (Å²) in [6.07, 6.45) is 1.45. The van der Waals surface area contributed by atoms with E-state index in [1.807, 2.05) is 0 Å². The van der Waals surface area contributed by atoms with Gasteiger partial charge < -0.3 is 10.1 Å². The van der Waals surface area contributed by atoms with Gasteiger partial charge in [0.1, 0.15) is 5.82 Å². The Balaban J connectivity index is 1.87. The number of anilines is 1. The lowest BCUT2D eigenvalue weighted by atomic mass is 10.2. The number of amides is 1. The average Bonchev–Trinajstić information content (AvgIpc) is 2.74. The van der Waals surface area contributed by atoms with E-state index in [1.54, 1.807) is 43.3 Å². The normalized spacial score (nSPS) is 11.8. The number of benzene rings is 1. The lowest BCUT2D eigenvalue weighted by Gasteiger charge is -2.16. The second-order valence-corrected chi connectivity index (χ2v) is 8.05. The molecule has 0 saturated heterocycles. The maximum Gasteiger partial charge on any atom is 0.307 e. The molecule has 0 saturated carbocycles. The van der Waals surface area contributed by atoms with Crippen molar-refractivity contribution in [1.29, 1.82) is 0 Å². The molecule has 0 bridgehead atoms. The van der Waals surface area contributed by atoms with Gasteiger partial charge in [-0.05, 0) is 31.2 Å². The minimum absolute atomic E-state index is 0.0132. The van der Waals surface area contributed by atoms with Gasteiger partial charge in [-0.15, -0.1) is 0 Å². The van der Waals surface area contributed by atoms with E-state index < -0.39 is 11.2 Å². The number of esters is 1. The molecule has 30 heavy (non-hydrogen) atoms. The smallest absolute Gasteiger partial charge is 0.307 e. The molecule has 3 rings (SSSR count). The monoisotopic (exact) mass is 446 g/mol. The van der Waals surface area contributed by atoms with Gasteiger partial charge in [0.2, 0.25) is 5.91 Å². The number of rotatable bonds is 7. The number of aromatic nitrogens is 3. The van der Waals surface area contributed by atoms with E-state index in [0.29, 0.717) is 26.9 Å². The summed E-state index contributed by atoms with van der Waals surface area (Å²) in [6.45, 7) is 1.79. The lowest BCUT2D eigenvalue weighted by Crippen LogP contribution is -2.28. The topological polar surface area (TPSA) is 103 Å². The molecule has 2 aromatic heterocycles. The minimum Gasteiger partial charge on any atom is -0.469 e. The Morgan fingerprint density at radius 2 is 2.03 bits per heavy atom. The first-order chi connectivity index (χ1) is 14.4. The molecule has 0 aliphatic heterocycles. The minimum atomic E-state index is -0.583. The van der Waals surface area contributed by atoms with Crippen molar-refractivity contribution in [2.24, 2.45) is 0 Å². The molecule has 10 heteroatoms. The quantitative estimate of drug-likeness (QED) is 0.338. The van der Waals surface area contributed by atoms with Crippen molar-refractivity contribution < 1.29 is 14.3 Å². The fourth-order valence-corrected chi connectivity index (χ4v) is 3.68. The zero-order valence-electron chi connectivity index (χ0n) is 16.3. The summed E-state index contributed by atoms with van der Waals surface area (Å²) in [6, 6.07) is 10.2. The van der Waals surface area contributed by atoms with Gasteiger partial charge in [0, 0.05) is 12.7 Å². The molecule has 2 heterocycles. The molecule has 1 aromatic carbocycles. The van der Waals surface area contributed by atoms with Gasteiger partial charge in [-0.25, -0.2) is 9.97 Å². The van der Waals surface area contributed by atoms with Gasteiger partial charge in [0.05, 0.1) is 34.7 Å². The van der Waals surface area contributed by atoms with E-state index in [2.05, 4.69) is 20.0 Å². The molecule has 1 N–H and O–H groups in total. The Morgan fingerprint density at radius 1 is 1.27 bits per heavy atom. The van der Waals surface area contributed by atoms with Crippen molar-refractivity contribution in [3.05, 3.63) is 58.0 Å². The van der Waals surface area contributed by atoms with Gasteiger partial charge in [0.15, 0.2) is 5.16 Å². The Labute approximate surface area is 181 Å². The van der Waals surface area contributed by atoms with E-state index in [9.17, 15) is 14.4 Å². The van der Waals surface area contributed by atoms with Crippen LogP contribution in [-0.4, -0.2) is 38.8 Å². The molecule has 3 aromatic rings. The number of ether oxygens (including phenoxy) is 1. The molecule has 0 aliphatic carbocycles. The van der Waals surface area contributed by atoms with Crippen LogP contribution in [0.1, 0.15) is 13.3 Å². The fourth-order valence-electron chi connectivity index (χ4n) is 2.63. The third-order valence-electron chi connectivity index (χ3n) is 4.22. The van der Waals surface area contributed by atoms with Crippen molar-refractivity contribution in [1.82, 2.24) is 14.5 Å². The summed E-state index contributed by atoms with van der Waals surface area (Å²) in [4.78, 5) is 45.7. The molecular weight excluding hydrogens is 428 g/mol. The molecule has 0 spiro atoms. The van der Waals surface area contributed by atoms with Crippen molar-refractivity contribution >= 4 is 52.0 Å². The largest absolute Gasteiger partial charge is 0.469 e. The Kier molecular flexibility index (Phi) is 7.07. The molecular formula is C20H19ClN4O4S. The van der Waals surface area contributed by atoms with E-state index in [-0.39, 0.29) is 24.4 Å². The molecule has 0 fully saturated rings. The first kappa shape index (κ1) is 21.8. The SMILES string of the molecule is COC(=O)CCn1c(SC(C)C(=O)Nc2ccc(Cl)cn2)nc2ccccc2c1=O. The summed E-state index contributed by atoms with van der Waals surface area (Å²) >= 11 is 6.93. The second kappa shape index (κ2) is 9.73. The van der Waals surface area contributed by atoms with E-state index in [4.69, 9.17) is 11.6 Å². The number of fused-ring (bicyclic) bond motifs is 1. The number of methoxy groups -OCH3 is 1. The highest BCUT2D eigenvalue weighted by Gasteiger charge is 2.20. The predicted octanol–water partition coefficient (Wildman–Crippen LogP) is 3.13. The summed E-state index contributed by atoms with van der Waals surface area (Å²) in [5.74, 6) is -0.381. The number of para-hydroxylation sites is 1. The Bertz CT molecular complexity index is 1130. The number of hydrogen-bond acceptors (Lipinski definition) is 7. The first-order valence-electron chi connectivity index (χ1n) is 9.04. The standard InChI is InChI=1S/C20H19ClN4O4S/c1-12(18(27)24-16-8-7-13(21)11-22-16)30-20-23-15-6-4-3-5-14(15)19(28)25(20)10-9-17(26)29-2/h3-8,11-12H,9-10H2,1-2H3,(H,22,24,27). The summed E-state index contributed by atoms with van der Waals surface area (Å²) in [5, 5.41) is 3.36. The third kappa shape index (κ3) is 5.17. The molecule has 1 unspecified atom stereocenters. The molecule has 0 aliphatic rings. The van der Waals surface area contributed by atoms with Crippen LogP contribution in [0.25, 0.3) is 10.9 Å². The maximum atomic E-state index is 13.0. The van der Waals surface area contributed by atoms with Gasteiger partial charge in [-0.1, -0.05) is 35.5 Å². The molecule has 1 amide bonds. The highest BCUT2D eigenvalue weighted by molar-refractivity contribution is 8.00. The van der Waals surface area contributed by atoms with Crippen molar-refractivity contribution in [2.45, 2.75) is 30.3 Å². The molecule has 0 radical (unpaired) electrons. The fraction of sp³-hybridized carbons (Fsp3) is 0.250. The van der Waals surface area contributed by atoms with E-state index in [1.165, 1.54) is 17.9 Å². The second-order valence-electron chi connectivity index (χ2n) is 6.31. The van der Waals surface area contributed by atoms with Crippen LogP contribution < -0.4 is 10.9 Å². The van der Waals surface area contributed by atoms with Crippen molar-refractivity contribution in [3.63, 3.8) is 0 Å². The number of pyridine rings is 1. The van der Waals surface area contributed by atoms with Crippen LogP contribution in [0.15, 0.2) is 52.5 Å². The lowest BCUT2D eigenvalue weighted by molar-refractivity contribution is -0.140. The number of nitrogens with one attached hydrogen (secondary N) is 1. The molecule has 8 nitrogen and oxygen atoms in total. The third-order valence-corrected chi connectivity index (χ3v) is 5.54. The van der Waals surface area contributed by atoms with Gasteiger partial charge >= 0.3 is 5.97 Å². The average molecular weight is 447 g/mol. The van der Waals surface area contributed by atoms with Crippen LogP contribution in [-0.2, 0) is 20.9 Å². The Hall–Kier alpha value is -2.91. The van der Waals surface area contributed by atoms with E-state index >= 15 is 0 Å². The summed E-state index contributed by atoms with van der Waals surface area (Å²) < 4.78 is 6.07. The highest BCUT2D eigenvalue weighted by atomic mass is 35.5. The van der Waals surface area contributed by atoms with Crippen molar-refractivity contribution in [2.75, 3.05) is 12.4 Å². The maximum absolute atomic E-state index is 13.0. The van der Waals surface area contributed by atoms with Gasteiger partial charge in [-0.3, -0.25) is 19.0 Å². The number of carbonyl (C=O) groups is 2. The van der Waals surface area contributed by atoms with Crippen LogP contribution in [0.5, 0.6) is 0 Å². The molecule has 156 valence electrons. The van der Waals surface area contributed by atoms with Crippen LogP contribution in [0.4, 0.5) is 5.82 Å². The van der Waals surface area contributed by atoms with Crippen LogP contribution >= 0.6 is 23.4 Å².